The summed E-state index contributed by atoms with van der Waals surface area (Å²) in [6.07, 6.45) is 2.84. The molecule has 2 aromatic carbocycles. The number of fused-ring (bicyclic) bond motifs is 2. The summed E-state index contributed by atoms with van der Waals surface area (Å²) in [4.78, 5) is 16.1. The molecule has 8 heteroatoms. The fourth-order valence-electron chi connectivity index (χ4n) is 4.03. The Morgan fingerprint density at radius 3 is 2.53 bits per heavy atom. The van der Waals surface area contributed by atoms with Crippen molar-refractivity contribution < 1.29 is 18.3 Å². The van der Waals surface area contributed by atoms with Crippen LogP contribution in [0.5, 0.6) is 0 Å². The maximum atomic E-state index is 12.3. The summed E-state index contributed by atoms with van der Waals surface area (Å²) >= 11 is 6.12. The quantitative estimate of drug-likeness (QED) is 0.498. The zero-order valence-electron chi connectivity index (χ0n) is 16.6. The second-order valence-corrected chi connectivity index (χ2v) is 9.79. The van der Waals surface area contributed by atoms with Crippen molar-refractivity contribution in [1.29, 1.82) is 0 Å². The topological polar surface area (TPSA) is 89.3 Å². The molecule has 0 atom stereocenters. The van der Waals surface area contributed by atoms with Gasteiger partial charge in [-0.1, -0.05) is 17.7 Å². The molecule has 0 aliphatic heterocycles. The van der Waals surface area contributed by atoms with E-state index in [1.807, 2.05) is 25.1 Å². The van der Waals surface area contributed by atoms with E-state index in [1.165, 1.54) is 0 Å². The smallest absolute Gasteiger partial charge is 0.323 e. The molecule has 0 bridgehead atoms. The first kappa shape index (κ1) is 20.4. The standard InChI is InChI=1S/C22H19ClN2O4S/c1-12-8-17-19(10-20(12)30(3,28)29)25(11-21(26)27)13(2)22(17)16-6-7-24-18-9-14(23)4-5-15(16)18/h4-10H,11H2,1-3H3,(H,26,27). The number of aliphatic carboxylic acids is 1. The fourth-order valence-corrected chi connectivity index (χ4v) is 5.16. The van der Waals surface area contributed by atoms with Gasteiger partial charge in [0, 0.05) is 39.5 Å². The third kappa shape index (κ3) is 3.34. The molecule has 0 saturated carbocycles. The van der Waals surface area contributed by atoms with Gasteiger partial charge in [0.05, 0.1) is 15.9 Å². The average molecular weight is 443 g/mol. The molecular formula is C22H19ClN2O4S. The van der Waals surface area contributed by atoms with Crippen molar-refractivity contribution in [3.8, 4) is 11.1 Å². The number of rotatable bonds is 4. The molecule has 30 heavy (non-hydrogen) atoms. The van der Waals surface area contributed by atoms with Crippen LogP contribution in [-0.4, -0.2) is 35.3 Å². The highest BCUT2D eigenvalue weighted by molar-refractivity contribution is 7.90. The van der Waals surface area contributed by atoms with E-state index in [4.69, 9.17) is 11.6 Å². The summed E-state index contributed by atoms with van der Waals surface area (Å²) in [5.74, 6) is -1.01. The normalized spacial score (nSPS) is 12.0. The maximum absolute atomic E-state index is 12.3. The first-order valence-electron chi connectivity index (χ1n) is 9.18. The molecule has 4 rings (SSSR count). The summed E-state index contributed by atoms with van der Waals surface area (Å²) in [6.45, 7) is 3.31. The predicted octanol–water partition coefficient (Wildman–Crippen LogP) is 4.61. The third-order valence-corrected chi connectivity index (χ3v) is 6.76. The van der Waals surface area contributed by atoms with E-state index in [0.29, 0.717) is 16.1 Å². The Bertz CT molecular complexity index is 1460. The molecule has 2 heterocycles. The SMILES string of the molecule is Cc1cc2c(-c3ccnc4cc(Cl)ccc34)c(C)n(CC(=O)O)c2cc1S(C)(=O)=O. The monoisotopic (exact) mass is 442 g/mol. The summed E-state index contributed by atoms with van der Waals surface area (Å²) in [7, 11) is -3.46. The molecule has 154 valence electrons. The van der Waals surface area contributed by atoms with Crippen LogP contribution in [0.25, 0.3) is 32.9 Å². The highest BCUT2D eigenvalue weighted by atomic mass is 35.5. The Labute approximate surface area is 178 Å². The Kier molecular flexibility index (Phi) is 4.83. The lowest BCUT2D eigenvalue weighted by Crippen LogP contribution is -2.10. The first-order chi connectivity index (χ1) is 14.1. The van der Waals surface area contributed by atoms with Crippen LogP contribution in [0.3, 0.4) is 0 Å². The minimum atomic E-state index is -3.46. The second-order valence-electron chi connectivity index (χ2n) is 7.37. The van der Waals surface area contributed by atoms with E-state index in [1.54, 1.807) is 35.9 Å². The summed E-state index contributed by atoms with van der Waals surface area (Å²) < 4.78 is 26.1. The van der Waals surface area contributed by atoms with Crippen LogP contribution in [0.4, 0.5) is 0 Å². The zero-order valence-corrected chi connectivity index (χ0v) is 18.2. The fraction of sp³-hybridized carbons (Fsp3) is 0.182. The van der Waals surface area contributed by atoms with Crippen LogP contribution in [-0.2, 0) is 21.2 Å². The molecule has 0 spiro atoms. The number of hydrogen-bond donors (Lipinski definition) is 1. The van der Waals surface area contributed by atoms with E-state index >= 15 is 0 Å². The van der Waals surface area contributed by atoms with Crippen LogP contribution in [0.2, 0.25) is 5.02 Å². The van der Waals surface area contributed by atoms with Crippen molar-refractivity contribution in [2.45, 2.75) is 25.3 Å². The van der Waals surface area contributed by atoms with Crippen molar-refractivity contribution in [2.24, 2.45) is 0 Å². The molecule has 0 aliphatic rings. The lowest BCUT2D eigenvalue weighted by molar-refractivity contribution is -0.137. The molecule has 1 N–H and O–H groups in total. The van der Waals surface area contributed by atoms with E-state index in [-0.39, 0.29) is 11.4 Å². The highest BCUT2D eigenvalue weighted by Gasteiger charge is 2.22. The minimum absolute atomic E-state index is 0.192. The van der Waals surface area contributed by atoms with Crippen LogP contribution in [0.1, 0.15) is 11.3 Å². The number of halogens is 1. The number of pyridine rings is 1. The van der Waals surface area contributed by atoms with Gasteiger partial charge in [-0.2, -0.15) is 0 Å². The minimum Gasteiger partial charge on any atom is -0.480 e. The number of nitrogens with zero attached hydrogens (tertiary/aromatic N) is 2. The number of carbonyl (C=O) groups is 1. The number of carboxylic acid groups (broad SMARTS) is 1. The largest absolute Gasteiger partial charge is 0.480 e. The van der Waals surface area contributed by atoms with Gasteiger partial charge in [0.2, 0.25) is 0 Å². The first-order valence-corrected chi connectivity index (χ1v) is 11.4. The van der Waals surface area contributed by atoms with Crippen LogP contribution in [0.15, 0.2) is 47.5 Å². The van der Waals surface area contributed by atoms with E-state index in [2.05, 4.69) is 4.98 Å². The van der Waals surface area contributed by atoms with Crippen LogP contribution in [0, 0.1) is 13.8 Å². The van der Waals surface area contributed by atoms with Gasteiger partial charge in [0.1, 0.15) is 6.54 Å². The lowest BCUT2D eigenvalue weighted by atomic mass is 9.98. The maximum Gasteiger partial charge on any atom is 0.323 e. The van der Waals surface area contributed by atoms with Crippen molar-refractivity contribution in [3.05, 3.63) is 58.9 Å². The van der Waals surface area contributed by atoms with E-state index in [0.717, 1.165) is 39.4 Å². The number of aromatic nitrogens is 2. The molecule has 0 aliphatic carbocycles. The lowest BCUT2D eigenvalue weighted by Gasteiger charge is -2.09. The van der Waals surface area contributed by atoms with Gasteiger partial charge in [-0.3, -0.25) is 9.78 Å². The van der Waals surface area contributed by atoms with Crippen molar-refractivity contribution in [1.82, 2.24) is 9.55 Å². The molecule has 0 saturated heterocycles. The molecule has 0 amide bonds. The van der Waals surface area contributed by atoms with Crippen LogP contribution >= 0.6 is 11.6 Å². The van der Waals surface area contributed by atoms with Gasteiger partial charge in [-0.05, 0) is 55.3 Å². The zero-order chi connectivity index (χ0) is 21.8. The van der Waals surface area contributed by atoms with Crippen LogP contribution < -0.4 is 0 Å². The highest BCUT2D eigenvalue weighted by Crippen LogP contribution is 2.40. The molecule has 0 unspecified atom stereocenters. The van der Waals surface area contributed by atoms with E-state index < -0.39 is 15.8 Å². The van der Waals surface area contributed by atoms with Gasteiger partial charge >= 0.3 is 5.97 Å². The Hall–Kier alpha value is -2.90. The molecule has 4 aromatic rings. The molecule has 2 aromatic heterocycles. The van der Waals surface area contributed by atoms with Crippen molar-refractivity contribution in [2.75, 3.05) is 6.26 Å². The van der Waals surface area contributed by atoms with Gasteiger partial charge in [0.25, 0.3) is 0 Å². The van der Waals surface area contributed by atoms with Crippen molar-refractivity contribution >= 4 is 49.2 Å². The molecule has 6 nitrogen and oxygen atoms in total. The number of hydrogen-bond acceptors (Lipinski definition) is 4. The number of carboxylic acids is 1. The Morgan fingerprint density at radius 2 is 1.87 bits per heavy atom. The van der Waals surface area contributed by atoms with Gasteiger partial charge in [-0.25, -0.2) is 8.42 Å². The summed E-state index contributed by atoms with van der Waals surface area (Å²) in [5, 5.41) is 11.7. The molecule has 0 fully saturated rings. The summed E-state index contributed by atoms with van der Waals surface area (Å²) in [6, 6.07) is 10.7. The van der Waals surface area contributed by atoms with Gasteiger partial charge < -0.3 is 9.67 Å². The third-order valence-electron chi connectivity index (χ3n) is 5.29. The van der Waals surface area contributed by atoms with Crippen molar-refractivity contribution in [3.63, 3.8) is 0 Å². The summed E-state index contributed by atoms with van der Waals surface area (Å²) in [5.41, 5.74) is 4.37. The number of benzene rings is 2. The molecule has 0 radical (unpaired) electrons. The Morgan fingerprint density at radius 1 is 1.13 bits per heavy atom. The van der Waals surface area contributed by atoms with E-state index in [9.17, 15) is 18.3 Å². The second kappa shape index (κ2) is 7.11. The van der Waals surface area contributed by atoms with Gasteiger partial charge in [0.15, 0.2) is 9.84 Å². The van der Waals surface area contributed by atoms with Gasteiger partial charge in [-0.15, -0.1) is 0 Å². The predicted molar refractivity (Wildman–Crippen MR) is 118 cm³/mol. The number of sulfone groups is 1. The molecular weight excluding hydrogens is 424 g/mol. The Balaban J connectivity index is 2.15. The number of aryl methyl sites for hydroxylation is 1. The average Bonchev–Trinajstić information content (AvgIpc) is 2.90.